The van der Waals surface area contributed by atoms with E-state index < -0.39 is 5.97 Å². The zero-order chi connectivity index (χ0) is 18.2. The molecule has 0 fully saturated rings. The summed E-state index contributed by atoms with van der Waals surface area (Å²) >= 11 is 0. The minimum Gasteiger partial charge on any atom is -0.423 e. The third-order valence-corrected chi connectivity index (χ3v) is 4.08. The van der Waals surface area contributed by atoms with Crippen molar-refractivity contribution in [1.82, 2.24) is 0 Å². The van der Waals surface area contributed by atoms with E-state index in [0.29, 0.717) is 16.9 Å². The second-order valence-corrected chi connectivity index (χ2v) is 6.32. The van der Waals surface area contributed by atoms with Crippen LogP contribution in [0.4, 0.5) is 4.39 Å². The number of halogens is 1. The van der Waals surface area contributed by atoms with Crippen LogP contribution in [0, 0.1) is 5.82 Å². The van der Waals surface area contributed by atoms with Gasteiger partial charge >= 0.3 is 5.97 Å². The van der Waals surface area contributed by atoms with Crippen molar-refractivity contribution in [2.24, 2.45) is 0 Å². The Morgan fingerprint density at radius 2 is 1.80 bits per heavy atom. The topological polar surface area (TPSA) is 26.3 Å². The summed E-state index contributed by atoms with van der Waals surface area (Å²) in [7, 11) is 0. The maximum absolute atomic E-state index is 14.4. The number of esters is 1. The van der Waals surface area contributed by atoms with Gasteiger partial charge in [-0.15, -0.1) is 0 Å². The number of aryl methyl sites for hydroxylation is 1. The molecule has 0 aliphatic rings. The molecule has 0 aromatic heterocycles. The predicted molar refractivity (Wildman–Crippen MR) is 100 cm³/mol. The van der Waals surface area contributed by atoms with Gasteiger partial charge in [0, 0.05) is 11.1 Å². The Bertz CT molecular complexity index is 732. The highest BCUT2D eigenvalue weighted by atomic mass is 19.1. The van der Waals surface area contributed by atoms with Crippen LogP contribution >= 0.6 is 0 Å². The fourth-order valence-corrected chi connectivity index (χ4v) is 2.60. The summed E-state index contributed by atoms with van der Waals surface area (Å²) < 4.78 is 19.6. The SMILES string of the molecule is C=C(C)C(=O)Oc1ccc(-c2ccc(CCCCCC)cc2F)cc1. The first-order valence-corrected chi connectivity index (χ1v) is 8.77. The number of hydrogen-bond donors (Lipinski definition) is 0. The lowest BCUT2D eigenvalue weighted by Gasteiger charge is -2.08. The molecule has 3 heteroatoms. The van der Waals surface area contributed by atoms with Crippen LogP contribution in [0.2, 0.25) is 0 Å². The molecule has 0 bridgehead atoms. The van der Waals surface area contributed by atoms with Gasteiger partial charge in [0.05, 0.1) is 0 Å². The van der Waals surface area contributed by atoms with E-state index in [4.69, 9.17) is 4.74 Å². The minimum absolute atomic E-state index is 0.223. The molecule has 0 unspecified atom stereocenters. The van der Waals surface area contributed by atoms with Crippen molar-refractivity contribution in [2.45, 2.75) is 46.0 Å². The highest BCUT2D eigenvalue weighted by Crippen LogP contribution is 2.26. The third kappa shape index (κ3) is 5.56. The standard InChI is InChI=1S/C22H25FO2/c1-4-5-6-7-8-17-9-14-20(21(23)15-17)18-10-12-19(13-11-18)25-22(24)16(2)3/h9-15H,2,4-8H2,1,3H3. The summed E-state index contributed by atoms with van der Waals surface area (Å²) in [5, 5.41) is 0. The van der Waals surface area contributed by atoms with Crippen LogP contribution in [-0.4, -0.2) is 5.97 Å². The molecule has 2 nitrogen and oxygen atoms in total. The zero-order valence-electron chi connectivity index (χ0n) is 15.0. The van der Waals surface area contributed by atoms with Crippen molar-refractivity contribution in [2.75, 3.05) is 0 Å². The Kier molecular flexibility index (Phi) is 6.93. The largest absolute Gasteiger partial charge is 0.423 e. The van der Waals surface area contributed by atoms with E-state index in [2.05, 4.69) is 13.5 Å². The monoisotopic (exact) mass is 340 g/mol. The van der Waals surface area contributed by atoms with Gasteiger partial charge in [-0.2, -0.15) is 0 Å². The Morgan fingerprint density at radius 1 is 1.08 bits per heavy atom. The molecule has 2 aromatic carbocycles. The maximum atomic E-state index is 14.4. The van der Waals surface area contributed by atoms with Gasteiger partial charge in [0.25, 0.3) is 0 Å². The molecule has 0 aliphatic carbocycles. The Balaban J connectivity index is 2.05. The highest BCUT2D eigenvalue weighted by molar-refractivity contribution is 5.88. The molecule has 0 aliphatic heterocycles. The van der Waals surface area contributed by atoms with E-state index >= 15 is 0 Å². The van der Waals surface area contributed by atoms with Gasteiger partial charge in [-0.3, -0.25) is 0 Å². The molecule has 0 saturated carbocycles. The molecule has 132 valence electrons. The molecule has 0 heterocycles. The van der Waals surface area contributed by atoms with Gasteiger partial charge in [0.2, 0.25) is 0 Å². The molecule has 0 amide bonds. The zero-order valence-corrected chi connectivity index (χ0v) is 15.0. The molecule has 0 N–H and O–H groups in total. The van der Waals surface area contributed by atoms with Crippen molar-refractivity contribution in [3.8, 4) is 16.9 Å². The molecular formula is C22H25FO2. The molecule has 0 saturated heterocycles. The molecule has 25 heavy (non-hydrogen) atoms. The van der Waals surface area contributed by atoms with Gasteiger partial charge in [-0.25, -0.2) is 9.18 Å². The van der Waals surface area contributed by atoms with Crippen LogP contribution < -0.4 is 4.74 Å². The summed E-state index contributed by atoms with van der Waals surface area (Å²) in [6.45, 7) is 7.32. The first-order valence-electron chi connectivity index (χ1n) is 8.77. The number of carbonyl (C=O) groups excluding carboxylic acids is 1. The fraction of sp³-hybridized carbons (Fsp3) is 0.318. The van der Waals surface area contributed by atoms with Gasteiger partial charge in [0.1, 0.15) is 11.6 Å². The summed E-state index contributed by atoms with van der Waals surface area (Å²) in [5.41, 5.74) is 2.68. The molecule has 0 spiro atoms. The van der Waals surface area contributed by atoms with E-state index in [1.54, 1.807) is 37.3 Å². The number of benzene rings is 2. The minimum atomic E-state index is -0.466. The molecule has 2 aromatic rings. The van der Waals surface area contributed by atoms with E-state index in [0.717, 1.165) is 24.0 Å². The molecule has 0 radical (unpaired) electrons. The number of rotatable bonds is 8. The van der Waals surface area contributed by atoms with Gasteiger partial charge in [-0.1, -0.05) is 57.0 Å². The average Bonchev–Trinajstić information content (AvgIpc) is 2.59. The normalized spacial score (nSPS) is 10.5. The van der Waals surface area contributed by atoms with Gasteiger partial charge in [-0.05, 0) is 49.1 Å². The van der Waals surface area contributed by atoms with Gasteiger partial charge < -0.3 is 4.74 Å². The smallest absolute Gasteiger partial charge is 0.338 e. The predicted octanol–water partition coefficient (Wildman–Crippen LogP) is 6.10. The molecular weight excluding hydrogens is 315 g/mol. The second-order valence-electron chi connectivity index (χ2n) is 6.32. The van der Waals surface area contributed by atoms with Crippen LogP contribution in [0.15, 0.2) is 54.6 Å². The summed E-state index contributed by atoms with van der Waals surface area (Å²) in [4.78, 5) is 11.5. The Hall–Kier alpha value is -2.42. The lowest BCUT2D eigenvalue weighted by molar-refractivity contribution is -0.130. The van der Waals surface area contributed by atoms with E-state index in [1.165, 1.54) is 19.3 Å². The van der Waals surface area contributed by atoms with E-state index in [1.807, 2.05) is 12.1 Å². The average molecular weight is 340 g/mol. The van der Waals surface area contributed by atoms with Crippen LogP contribution in [0.5, 0.6) is 5.75 Å². The molecule has 0 atom stereocenters. The van der Waals surface area contributed by atoms with Crippen molar-refractivity contribution in [3.05, 3.63) is 66.0 Å². The van der Waals surface area contributed by atoms with Crippen molar-refractivity contribution >= 4 is 5.97 Å². The van der Waals surface area contributed by atoms with Crippen LogP contribution in [-0.2, 0) is 11.2 Å². The van der Waals surface area contributed by atoms with Crippen LogP contribution in [0.1, 0.15) is 45.1 Å². The van der Waals surface area contributed by atoms with E-state index in [-0.39, 0.29) is 5.82 Å². The maximum Gasteiger partial charge on any atom is 0.338 e. The lowest BCUT2D eigenvalue weighted by atomic mass is 10.0. The fourth-order valence-electron chi connectivity index (χ4n) is 2.60. The number of carbonyl (C=O) groups is 1. The summed E-state index contributed by atoms with van der Waals surface area (Å²) in [6.07, 6.45) is 5.61. The lowest BCUT2D eigenvalue weighted by Crippen LogP contribution is -2.07. The first kappa shape index (κ1) is 18.9. The quantitative estimate of drug-likeness (QED) is 0.251. The van der Waals surface area contributed by atoms with Crippen molar-refractivity contribution < 1.29 is 13.9 Å². The summed E-state index contributed by atoms with van der Waals surface area (Å²) in [6, 6.07) is 12.2. The van der Waals surface area contributed by atoms with Gasteiger partial charge in [0.15, 0.2) is 0 Å². The van der Waals surface area contributed by atoms with Crippen LogP contribution in [0.3, 0.4) is 0 Å². The Morgan fingerprint density at radius 3 is 2.40 bits per heavy atom. The second kappa shape index (κ2) is 9.16. The Labute approximate surface area is 149 Å². The van der Waals surface area contributed by atoms with E-state index in [9.17, 15) is 9.18 Å². The number of hydrogen-bond acceptors (Lipinski definition) is 2. The third-order valence-electron chi connectivity index (χ3n) is 4.08. The first-order chi connectivity index (χ1) is 12.0. The highest BCUT2D eigenvalue weighted by Gasteiger charge is 2.09. The van der Waals surface area contributed by atoms with Crippen molar-refractivity contribution in [3.63, 3.8) is 0 Å². The number of unbranched alkanes of at least 4 members (excludes halogenated alkanes) is 3. The van der Waals surface area contributed by atoms with Crippen LogP contribution in [0.25, 0.3) is 11.1 Å². The molecule has 2 rings (SSSR count). The number of ether oxygens (including phenoxy) is 1. The van der Waals surface area contributed by atoms with Crippen molar-refractivity contribution in [1.29, 1.82) is 0 Å². The summed E-state index contributed by atoms with van der Waals surface area (Å²) in [5.74, 6) is -0.268.